The summed E-state index contributed by atoms with van der Waals surface area (Å²) < 4.78 is 5.06. The summed E-state index contributed by atoms with van der Waals surface area (Å²) in [7, 11) is 3.28. The quantitative estimate of drug-likeness (QED) is 0.855. The first kappa shape index (κ1) is 19.2. The average Bonchev–Trinajstić information content (AvgIpc) is 2.73. The van der Waals surface area contributed by atoms with Crippen molar-refractivity contribution in [3.8, 4) is 0 Å². The lowest BCUT2D eigenvalue weighted by molar-refractivity contribution is -0.123. The highest BCUT2D eigenvalue weighted by molar-refractivity contribution is 7.18. The second-order valence-corrected chi connectivity index (χ2v) is 7.41. The SMILES string of the molecule is CCOC(=O)c1c(NC(=O)C(C)(C)C)sc(C(=O)N(C)C)c1C. The van der Waals surface area contributed by atoms with Gasteiger partial charge in [-0.05, 0) is 19.4 Å². The number of thiophene rings is 1. The third kappa shape index (κ3) is 4.31. The Balaban J connectivity index is 3.37. The molecule has 0 aliphatic carbocycles. The van der Waals surface area contributed by atoms with Gasteiger partial charge >= 0.3 is 5.97 Å². The van der Waals surface area contributed by atoms with Crippen LogP contribution in [0.1, 0.15) is 53.3 Å². The molecule has 0 fully saturated rings. The zero-order chi connectivity index (χ0) is 17.9. The zero-order valence-corrected chi connectivity index (χ0v) is 15.5. The molecule has 2 amide bonds. The Morgan fingerprint density at radius 2 is 1.78 bits per heavy atom. The second kappa shape index (κ2) is 7.12. The van der Waals surface area contributed by atoms with E-state index in [1.54, 1.807) is 48.7 Å². The van der Waals surface area contributed by atoms with Crippen molar-refractivity contribution in [3.05, 3.63) is 16.0 Å². The van der Waals surface area contributed by atoms with E-state index in [1.165, 1.54) is 4.90 Å². The lowest BCUT2D eigenvalue weighted by Crippen LogP contribution is -2.28. The van der Waals surface area contributed by atoms with Crippen molar-refractivity contribution in [2.45, 2.75) is 34.6 Å². The fourth-order valence-corrected chi connectivity index (χ4v) is 2.96. The Morgan fingerprint density at radius 1 is 1.22 bits per heavy atom. The first-order valence-electron chi connectivity index (χ1n) is 7.34. The number of ether oxygens (including phenoxy) is 1. The van der Waals surface area contributed by atoms with Crippen LogP contribution in [0, 0.1) is 12.3 Å². The third-order valence-corrected chi connectivity index (χ3v) is 4.33. The predicted molar refractivity (Wildman–Crippen MR) is 91.1 cm³/mol. The number of rotatable bonds is 4. The number of nitrogens with zero attached hydrogens (tertiary/aromatic N) is 1. The van der Waals surface area contributed by atoms with Crippen molar-refractivity contribution in [1.29, 1.82) is 0 Å². The van der Waals surface area contributed by atoms with Crippen molar-refractivity contribution in [2.24, 2.45) is 5.41 Å². The maximum atomic E-state index is 12.3. The first-order chi connectivity index (χ1) is 10.5. The van der Waals surface area contributed by atoms with Crippen molar-refractivity contribution in [1.82, 2.24) is 4.90 Å². The minimum Gasteiger partial charge on any atom is -0.462 e. The maximum absolute atomic E-state index is 12.3. The molecule has 0 saturated carbocycles. The van der Waals surface area contributed by atoms with Crippen LogP contribution in [0.3, 0.4) is 0 Å². The molecule has 1 aromatic heterocycles. The molecule has 0 spiro atoms. The van der Waals surface area contributed by atoms with Crippen molar-refractivity contribution in [3.63, 3.8) is 0 Å². The number of anilines is 1. The van der Waals surface area contributed by atoms with Crippen LogP contribution < -0.4 is 5.32 Å². The predicted octanol–water partition coefficient (Wildman–Crippen LogP) is 2.92. The van der Waals surface area contributed by atoms with Gasteiger partial charge in [-0.2, -0.15) is 0 Å². The summed E-state index contributed by atoms with van der Waals surface area (Å²) in [5.41, 5.74) is 0.159. The number of carbonyl (C=O) groups is 3. The third-order valence-electron chi connectivity index (χ3n) is 3.14. The van der Waals surface area contributed by atoms with Gasteiger partial charge in [0.25, 0.3) is 5.91 Å². The normalized spacial score (nSPS) is 11.1. The Labute approximate surface area is 140 Å². The Hall–Kier alpha value is -1.89. The van der Waals surface area contributed by atoms with Gasteiger partial charge in [-0.15, -0.1) is 11.3 Å². The van der Waals surface area contributed by atoms with E-state index in [1.807, 2.05) is 0 Å². The number of carbonyl (C=O) groups excluding carboxylic acids is 3. The van der Waals surface area contributed by atoms with Crippen molar-refractivity contribution in [2.75, 3.05) is 26.0 Å². The largest absolute Gasteiger partial charge is 0.462 e. The van der Waals surface area contributed by atoms with E-state index < -0.39 is 11.4 Å². The number of hydrogen-bond donors (Lipinski definition) is 1. The Morgan fingerprint density at radius 3 is 2.22 bits per heavy atom. The minimum absolute atomic E-state index is 0.214. The smallest absolute Gasteiger partial charge is 0.341 e. The molecule has 1 aromatic rings. The standard InChI is InChI=1S/C16H24N2O4S/c1-8-22-14(20)10-9(2)11(13(19)18(6)7)23-12(10)17-15(21)16(3,4)5/h8H2,1-7H3,(H,17,21). The van der Waals surface area contributed by atoms with Crippen LogP contribution in [0.4, 0.5) is 5.00 Å². The van der Waals surface area contributed by atoms with Gasteiger partial charge in [-0.1, -0.05) is 20.8 Å². The molecule has 0 aliphatic heterocycles. The summed E-state index contributed by atoms with van der Waals surface area (Å²) in [4.78, 5) is 38.6. The van der Waals surface area contributed by atoms with Crippen LogP contribution in [0.2, 0.25) is 0 Å². The lowest BCUT2D eigenvalue weighted by Gasteiger charge is -2.17. The van der Waals surface area contributed by atoms with Gasteiger partial charge in [0.15, 0.2) is 0 Å². The van der Waals surface area contributed by atoms with Crippen LogP contribution in [-0.4, -0.2) is 43.4 Å². The fourth-order valence-electron chi connectivity index (χ4n) is 1.75. The molecule has 0 saturated heterocycles. The number of esters is 1. The number of hydrogen-bond acceptors (Lipinski definition) is 5. The summed E-state index contributed by atoms with van der Waals surface area (Å²) in [6.07, 6.45) is 0. The van der Waals surface area contributed by atoms with Gasteiger partial charge in [0.1, 0.15) is 5.00 Å². The molecule has 0 bridgehead atoms. The summed E-state index contributed by atoms with van der Waals surface area (Å²) in [6.45, 7) is 8.94. The minimum atomic E-state index is -0.616. The molecule has 1 rings (SSSR count). The molecule has 23 heavy (non-hydrogen) atoms. The molecule has 128 valence electrons. The summed E-state index contributed by atoms with van der Waals surface area (Å²) >= 11 is 1.10. The van der Waals surface area contributed by atoms with E-state index in [2.05, 4.69) is 5.32 Å². The van der Waals surface area contributed by atoms with E-state index >= 15 is 0 Å². The van der Waals surface area contributed by atoms with Crippen LogP contribution in [0.15, 0.2) is 0 Å². The summed E-state index contributed by atoms with van der Waals surface area (Å²) in [5, 5.41) is 3.11. The van der Waals surface area contributed by atoms with E-state index in [0.29, 0.717) is 15.4 Å². The van der Waals surface area contributed by atoms with Gasteiger partial charge in [0.05, 0.1) is 17.0 Å². The molecule has 0 radical (unpaired) electrons. The van der Waals surface area contributed by atoms with Crippen molar-refractivity contribution < 1.29 is 19.1 Å². The van der Waals surface area contributed by atoms with Crippen LogP contribution in [-0.2, 0) is 9.53 Å². The molecule has 0 atom stereocenters. The monoisotopic (exact) mass is 340 g/mol. The molecule has 1 N–H and O–H groups in total. The Kier molecular flexibility index (Phi) is 5.93. The van der Waals surface area contributed by atoms with Crippen molar-refractivity contribution >= 4 is 34.1 Å². The van der Waals surface area contributed by atoms with Gasteiger partial charge in [0.2, 0.25) is 5.91 Å². The molecule has 0 unspecified atom stereocenters. The zero-order valence-electron chi connectivity index (χ0n) is 14.7. The number of amides is 2. The average molecular weight is 340 g/mol. The van der Waals surface area contributed by atoms with Gasteiger partial charge in [0, 0.05) is 19.5 Å². The molecule has 6 nitrogen and oxygen atoms in total. The number of nitrogens with one attached hydrogen (secondary N) is 1. The second-order valence-electron chi connectivity index (χ2n) is 6.38. The maximum Gasteiger partial charge on any atom is 0.341 e. The molecule has 1 heterocycles. The first-order valence-corrected chi connectivity index (χ1v) is 8.16. The molecule has 0 aromatic carbocycles. The summed E-state index contributed by atoms with van der Waals surface area (Å²) in [6, 6.07) is 0. The van der Waals surface area contributed by atoms with Crippen LogP contribution in [0.25, 0.3) is 0 Å². The topological polar surface area (TPSA) is 75.7 Å². The van der Waals surface area contributed by atoms with E-state index in [4.69, 9.17) is 4.74 Å². The highest BCUT2D eigenvalue weighted by Crippen LogP contribution is 2.35. The highest BCUT2D eigenvalue weighted by atomic mass is 32.1. The molecular weight excluding hydrogens is 316 g/mol. The van der Waals surface area contributed by atoms with E-state index in [9.17, 15) is 14.4 Å². The molecule has 0 aliphatic rings. The van der Waals surface area contributed by atoms with Crippen LogP contribution in [0.5, 0.6) is 0 Å². The van der Waals surface area contributed by atoms with E-state index in [-0.39, 0.29) is 24.0 Å². The summed E-state index contributed by atoms with van der Waals surface area (Å²) in [5.74, 6) is -0.981. The highest BCUT2D eigenvalue weighted by Gasteiger charge is 2.29. The fraction of sp³-hybridized carbons (Fsp3) is 0.562. The van der Waals surface area contributed by atoms with Gasteiger partial charge in [-0.25, -0.2) is 4.79 Å². The Bertz CT molecular complexity index is 627. The lowest BCUT2D eigenvalue weighted by atomic mass is 9.96. The molecular formula is C16H24N2O4S. The van der Waals surface area contributed by atoms with E-state index in [0.717, 1.165) is 11.3 Å². The van der Waals surface area contributed by atoms with Gasteiger partial charge in [-0.3, -0.25) is 9.59 Å². The van der Waals surface area contributed by atoms with Gasteiger partial charge < -0.3 is 15.0 Å². The van der Waals surface area contributed by atoms with Crippen LogP contribution >= 0.6 is 11.3 Å². The molecule has 7 heteroatoms.